The van der Waals surface area contributed by atoms with Crippen LogP contribution < -0.4 is 0 Å². The average Bonchev–Trinajstić information content (AvgIpc) is 2.16. The van der Waals surface area contributed by atoms with Gasteiger partial charge in [0.25, 0.3) is 0 Å². The lowest BCUT2D eigenvalue weighted by Gasteiger charge is -2.35. The van der Waals surface area contributed by atoms with Crippen molar-refractivity contribution in [3.05, 3.63) is 0 Å². The first-order chi connectivity index (χ1) is 6.10. The average molecular weight is 185 g/mol. The minimum Gasteiger partial charge on any atom is -0.381 e. The smallest absolute Gasteiger partial charge is 0.228 e. The van der Waals surface area contributed by atoms with Crippen LogP contribution in [-0.4, -0.2) is 37.6 Å². The van der Waals surface area contributed by atoms with E-state index in [9.17, 15) is 4.79 Å². The molecule has 0 saturated carbocycles. The van der Waals surface area contributed by atoms with E-state index < -0.39 is 0 Å². The van der Waals surface area contributed by atoms with E-state index >= 15 is 0 Å². The Morgan fingerprint density at radius 2 is 2.00 bits per heavy atom. The van der Waals surface area contributed by atoms with Crippen LogP contribution in [0.5, 0.6) is 0 Å². The van der Waals surface area contributed by atoms with Crippen LogP contribution in [-0.2, 0) is 9.53 Å². The molecular formula is C10H19NO2. The van der Waals surface area contributed by atoms with Crippen LogP contribution in [0.2, 0.25) is 0 Å². The SMILES string of the molecule is CCN(C)C(=O)C1(C)CCOCC1. The Kier molecular flexibility index (Phi) is 3.31. The first kappa shape index (κ1) is 10.5. The lowest BCUT2D eigenvalue weighted by atomic mass is 9.81. The van der Waals surface area contributed by atoms with Crippen LogP contribution >= 0.6 is 0 Å². The number of carbonyl (C=O) groups is 1. The molecule has 0 atom stereocenters. The molecule has 76 valence electrons. The third-order valence-electron chi connectivity index (χ3n) is 2.93. The van der Waals surface area contributed by atoms with Gasteiger partial charge in [-0.1, -0.05) is 6.92 Å². The highest BCUT2D eigenvalue weighted by Gasteiger charge is 2.36. The van der Waals surface area contributed by atoms with Crippen LogP contribution in [0, 0.1) is 5.41 Å². The molecule has 1 fully saturated rings. The third-order valence-corrected chi connectivity index (χ3v) is 2.93. The van der Waals surface area contributed by atoms with Gasteiger partial charge < -0.3 is 9.64 Å². The molecule has 0 bridgehead atoms. The second kappa shape index (κ2) is 4.09. The Bertz CT molecular complexity index is 185. The molecule has 1 saturated heterocycles. The number of carbonyl (C=O) groups excluding carboxylic acids is 1. The molecule has 0 aromatic rings. The van der Waals surface area contributed by atoms with Gasteiger partial charge in [-0.25, -0.2) is 0 Å². The van der Waals surface area contributed by atoms with Crippen molar-refractivity contribution in [3.8, 4) is 0 Å². The first-order valence-electron chi connectivity index (χ1n) is 4.93. The fourth-order valence-electron chi connectivity index (χ4n) is 1.64. The van der Waals surface area contributed by atoms with Gasteiger partial charge in [0.15, 0.2) is 0 Å². The number of ether oxygens (including phenoxy) is 1. The fourth-order valence-corrected chi connectivity index (χ4v) is 1.64. The molecule has 0 N–H and O–H groups in total. The quantitative estimate of drug-likeness (QED) is 0.648. The molecular weight excluding hydrogens is 166 g/mol. The zero-order chi connectivity index (χ0) is 9.90. The van der Waals surface area contributed by atoms with Crippen molar-refractivity contribution in [1.29, 1.82) is 0 Å². The Balaban J connectivity index is 2.61. The van der Waals surface area contributed by atoms with E-state index in [1.165, 1.54) is 0 Å². The van der Waals surface area contributed by atoms with Crippen molar-refractivity contribution in [2.75, 3.05) is 26.8 Å². The van der Waals surface area contributed by atoms with Gasteiger partial charge in [-0.15, -0.1) is 0 Å². The molecule has 0 spiro atoms. The molecule has 0 unspecified atom stereocenters. The van der Waals surface area contributed by atoms with Crippen molar-refractivity contribution in [2.24, 2.45) is 5.41 Å². The molecule has 1 aliphatic rings. The number of amides is 1. The molecule has 1 aliphatic heterocycles. The van der Waals surface area contributed by atoms with Gasteiger partial charge in [0.2, 0.25) is 5.91 Å². The van der Waals surface area contributed by atoms with Crippen LogP contribution in [0.25, 0.3) is 0 Å². The Morgan fingerprint density at radius 3 is 2.46 bits per heavy atom. The van der Waals surface area contributed by atoms with Gasteiger partial charge in [0.1, 0.15) is 0 Å². The summed E-state index contributed by atoms with van der Waals surface area (Å²) in [5, 5.41) is 0. The maximum atomic E-state index is 11.9. The molecule has 1 rings (SSSR count). The van der Waals surface area contributed by atoms with Crippen molar-refractivity contribution in [3.63, 3.8) is 0 Å². The maximum absolute atomic E-state index is 11.9. The Labute approximate surface area is 80.1 Å². The monoisotopic (exact) mass is 185 g/mol. The van der Waals surface area contributed by atoms with E-state index in [0.717, 1.165) is 32.6 Å². The van der Waals surface area contributed by atoms with Gasteiger partial charge in [0.05, 0.1) is 5.41 Å². The minimum atomic E-state index is -0.178. The number of hydrogen-bond donors (Lipinski definition) is 0. The minimum absolute atomic E-state index is 0.178. The fraction of sp³-hybridized carbons (Fsp3) is 0.900. The first-order valence-corrected chi connectivity index (χ1v) is 4.93. The zero-order valence-corrected chi connectivity index (χ0v) is 8.80. The second-order valence-electron chi connectivity index (χ2n) is 3.99. The van der Waals surface area contributed by atoms with Crippen LogP contribution in [0.1, 0.15) is 26.7 Å². The highest BCUT2D eigenvalue weighted by Crippen LogP contribution is 2.31. The van der Waals surface area contributed by atoms with Crippen LogP contribution in [0.15, 0.2) is 0 Å². The van der Waals surface area contributed by atoms with Crippen molar-refractivity contribution in [1.82, 2.24) is 4.90 Å². The van der Waals surface area contributed by atoms with E-state index in [1.807, 2.05) is 20.9 Å². The van der Waals surface area contributed by atoms with Crippen molar-refractivity contribution < 1.29 is 9.53 Å². The lowest BCUT2D eigenvalue weighted by Crippen LogP contribution is -2.43. The third kappa shape index (κ3) is 2.21. The van der Waals surface area contributed by atoms with E-state index in [2.05, 4.69) is 0 Å². The predicted octanol–water partition coefficient (Wildman–Crippen LogP) is 1.28. The second-order valence-corrected chi connectivity index (χ2v) is 3.99. The van der Waals surface area contributed by atoms with E-state index in [4.69, 9.17) is 4.74 Å². The van der Waals surface area contributed by atoms with E-state index in [-0.39, 0.29) is 11.3 Å². The van der Waals surface area contributed by atoms with Crippen LogP contribution in [0.4, 0.5) is 0 Å². The number of hydrogen-bond acceptors (Lipinski definition) is 2. The van der Waals surface area contributed by atoms with E-state index in [0.29, 0.717) is 0 Å². The summed E-state index contributed by atoms with van der Waals surface area (Å²) in [5.74, 6) is 0.262. The molecule has 3 heteroatoms. The molecule has 13 heavy (non-hydrogen) atoms. The molecule has 0 aromatic heterocycles. The van der Waals surface area contributed by atoms with Crippen molar-refractivity contribution >= 4 is 5.91 Å². The Hall–Kier alpha value is -0.570. The highest BCUT2D eigenvalue weighted by molar-refractivity contribution is 5.82. The summed E-state index contributed by atoms with van der Waals surface area (Å²) in [6, 6.07) is 0. The largest absolute Gasteiger partial charge is 0.381 e. The van der Waals surface area contributed by atoms with Crippen LogP contribution in [0.3, 0.4) is 0 Å². The molecule has 1 heterocycles. The topological polar surface area (TPSA) is 29.5 Å². The lowest BCUT2D eigenvalue weighted by molar-refractivity contribution is -0.144. The van der Waals surface area contributed by atoms with Crippen molar-refractivity contribution in [2.45, 2.75) is 26.7 Å². The zero-order valence-electron chi connectivity index (χ0n) is 8.80. The normalized spacial score (nSPS) is 21.2. The summed E-state index contributed by atoms with van der Waals surface area (Å²) in [5.41, 5.74) is -0.178. The van der Waals surface area contributed by atoms with Gasteiger partial charge in [-0.3, -0.25) is 4.79 Å². The summed E-state index contributed by atoms with van der Waals surface area (Å²) in [6.07, 6.45) is 1.71. The van der Waals surface area contributed by atoms with Gasteiger partial charge in [0, 0.05) is 26.8 Å². The maximum Gasteiger partial charge on any atom is 0.228 e. The van der Waals surface area contributed by atoms with Gasteiger partial charge in [-0.2, -0.15) is 0 Å². The summed E-state index contributed by atoms with van der Waals surface area (Å²) >= 11 is 0. The number of nitrogens with zero attached hydrogens (tertiary/aromatic N) is 1. The predicted molar refractivity (Wildman–Crippen MR) is 51.5 cm³/mol. The highest BCUT2D eigenvalue weighted by atomic mass is 16.5. The van der Waals surface area contributed by atoms with Gasteiger partial charge in [-0.05, 0) is 19.8 Å². The molecule has 1 amide bonds. The molecule has 0 aliphatic carbocycles. The summed E-state index contributed by atoms with van der Waals surface area (Å²) in [7, 11) is 1.86. The van der Waals surface area contributed by atoms with Gasteiger partial charge >= 0.3 is 0 Å². The Morgan fingerprint density at radius 1 is 1.46 bits per heavy atom. The molecule has 0 aromatic carbocycles. The summed E-state index contributed by atoms with van der Waals surface area (Å²) in [4.78, 5) is 13.7. The standard InChI is InChI=1S/C10H19NO2/c1-4-11(3)9(12)10(2)5-7-13-8-6-10/h4-8H2,1-3H3. The van der Waals surface area contributed by atoms with E-state index in [1.54, 1.807) is 4.90 Å². The summed E-state index contributed by atoms with van der Waals surface area (Å²) in [6.45, 7) is 6.28. The molecule has 3 nitrogen and oxygen atoms in total. The summed E-state index contributed by atoms with van der Waals surface area (Å²) < 4.78 is 5.26. The number of rotatable bonds is 2. The molecule has 0 radical (unpaired) electrons.